The van der Waals surface area contributed by atoms with Crippen LogP contribution in [0.1, 0.15) is 51.4 Å². The summed E-state index contributed by atoms with van der Waals surface area (Å²) in [5.41, 5.74) is 0. The smallest absolute Gasteiger partial charge is 0.157 e. The Kier molecular flexibility index (Phi) is 12.5. The molecule has 4 unspecified atom stereocenters. The standard InChI is InChI=1S/C22H40O8/c1-3-9-26-21(5-1)28-14-13-24-17-19(7-11-23-12-8-20-18-30-20)25-15-16-29-22-6-2-4-10-27-22/h19-22H,1-18H2. The fraction of sp³-hybridized carbons (Fsp3) is 1.00. The highest BCUT2D eigenvalue weighted by Gasteiger charge is 2.21. The van der Waals surface area contributed by atoms with Gasteiger partial charge in [0.15, 0.2) is 12.6 Å². The molecule has 0 aliphatic carbocycles. The van der Waals surface area contributed by atoms with Crippen molar-refractivity contribution in [1.29, 1.82) is 0 Å². The predicted octanol–water partition coefficient (Wildman–Crippen LogP) is 2.67. The molecule has 8 nitrogen and oxygen atoms in total. The number of ether oxygens (including phenoxy) is 8. The quantitative estimate of drug-likeness (QED) is 0.256. The molecule has 0 aromatic carbocycles. The van der Waals surface area contributed by atoms with Gasteiger partial charge in [-0.05, 0) is 51.4 Å². The summed E-state index contributed by atoms with van der Waals surface area (Å²) in [6, 6.07) is 0. The lowest BCUT2D eigenvalue weighted by Crippen LogP contribution is -2.28. The van der Waals surface area contributed by atoms with Gasteiger partial charge in [-0.3, -0.25) is 0 Å². The van der Waals surface area contributed by atoms with Gasteiger partial charge in [-0.15, -0.1) is 0 Å². The Labute approximate surface area is 180 Å². The summed E-state index contributed by atoms with van der Waals surface area (Å²) in [7, 11) is 0. The van der Waals surface area contributed by atoms with Crippen molar-refractivity contribution in [2.75, 3.05) is 66.1 Å². The third kappa shape index (κ3) is 11.3. The summed E-state index contributed by atoms with van der Waals surface area (Å²) in [5.74, 6) is 0. The molecular weight excluding hydrogens is 392 g/mol. The van der Waals surface area contributed by atoms with Crippen molar-refractivity contribution in [2.24, 2.45) is 0 Å². The summed E-state index contributed by atoms with van der Waals surface area (Å²) in [5, 5.41) is 0. The van der Waals surface area contributed by atoms with Crippen molar-refractivity contribution in [2.45, 2.75) is 76.2 Å². The van der Waals surface area contributed by atoms with E-state index in [0.29, 0.717) is 45.7 Å². The van der Waals surface area contributed by atoms with Crippen LogP contribution in [0.5, 0.6) is 0 Å². The minimum atomic E-state index is -0.0795. The third-order valence-electron chi connectivity index (χ3n) is 5.42. The van der Waals surface area contributed by atoms with Gasteiger partial charge in [0.05, 0.1) is 51.8 Å². The van der Waals surface area contributed by atoms with Crippen molar-refractivity contribution in [1.82, 2.24) is 0 Å². The van der Waals surface area contributed by atoms with Crippen LogP contribution in [0.2, 0.25) is 0 Å². The number of rotatable bonds is 17. The van der Waals surface area contributed by atoms with E-state index < -0.39 is 0 Å². The average molecular weight is 433 g/mol. The van der Waals surface area contributed by atoms with Crippen LogP contribution >= 0.6 is 0 Å². The molecule has 3 aliphatic heterocycles. The molecule has 0 radical (unpaired) electrons. The van der Waals surface area contributed by atoms with Crippen LogP contribution < -0.4 is 0 Å². The van der Waals surface area contributed by atoms with Gasteiger partial charge in [0.2, 0.25) is 0 Å². The normalized spacial score (nSPS) is 27.8. The van der Waals surface area contributed by atoms with Crippen LogP contribution in [0.4, 0.5) is 0 Å². The molecule has 0 N–H and O–H groups in total. The molecule has 4 atom stereocenters. The highest BCUT2D eigenvalue weighted by Crippen LogP contribution is 2.15. The van der Waals surface area contributed by atoms with Gasteiger partial charge in [-0.25, -0.2) is 0 Å². The van der Waals surface area contributed by atoms with Crippen molar-refractivity contribution in [3.05, 3.63) is 0 Å². The fourth-order valence-corrected chi connectivity index (χ4v) is 3.51. The van der Waals surface area contributed by atoms with Gasteiger partial charge >= 0.3 is 0 Å². The van der Waals surface area contributed by atoms with Crippen LogP contribution in [-0.4, -0.2) is 90.9 Å². The molecule has 0 amide bonds. The molecule has 30 heavy (non-hydrogen) atoms. The summed E-state index contributed by atoms with van der Waals surface area (Å²) >= 11 is 0. The Balaban J connectivity index is 1.23. The average Bonchev–Trinajstić information content (AvgIpc) is 3.61. The second kappa shape index (κ2) is 15.5. The van der Waals surface area contributed by atoms with E-state index in [0.717, 1.165) is 65.0 Å². The molecule has 3 heterocycles. The lowest BCUT2D eigenvalue weighted by atomic mass is 10.2. The molecule has 0 bridgehead atoms. The van der Waals surface area contributed by atoms with E-state index in [4.69, 9.17) is 37.9 Å². The lowest BCUT2D eigenvalue weighted by molar-refractivity contribution is -0.177. The molecular formula is C22H40O8. The van der Waals surface area contributed by atoms with Crippen LogP contribution in [0, 0.1) is 0 Å². The minimum Gasteiger partial charge on any atom is -0.381 e. The maximum Gasteiger partial charge on any atom is 0.157 e. The van der Waals surface area contributed by atoms with Gasteiger partial charge in [0, 0.05) is 26.4 Å². The SMILES string of the molecule is C1CCC(OCCOCC(CCOCCC2CO2)OCCOC2CCCCO2)OC1. The zero-order chi connectivity index (χ0) is 20.7. The Morgan fingerprint density at radius 3 is 2.03 bits per heavy atom. The Morgan fingerprint density at radius 1 is 0.700 bits per heavy atom. The number of epoxide rings is 1. The van der Waals surface area contributed by atoms with Crippen molar-refractivity contribution in [3.8, 4) is 0 Å². The van der Waals surface area contributed by atoms with E-state index in [-0.39, 0.29) is 18.7 Å². The Bertz CT molecular complexity index is 408. The first-order chi connectivity index (χ1) is 14.9. The first-order valence-corrected chi connectivity index (χ1v) is 11.8. The molecule has 0 aromatic heterocycles. The molecule has 3 aliphatic rings. The molecule has 0 saturated carbocycles. The number of hydrogen-bond donors (Lipinski definition) is 0. The molecule has 8 heteroatoms. The van der Waals surface area contributed by atoms with E-state index in [1.54, 1.807) is 0 Å². The Hall–Kier alpha value is -0.320. The first kappa shape index (κ1) is 24.3. The topological polar surface area (TPSA) is 77.1 Å². The molecule has 3 saturated heterocycles. The second-order valence-electron chi connectivity index (χ2n) is 8.05. The lowest BCUT2D eigenvalue weighted by Gasteiger charge is -2.24. The van der Waals surface area contributed by atoms with Crippen molar-refractivity contribution >= 4 is 0 Å². The number of hydrogen-bond acceptors (Lipinski definition) is 8. The fourth-order valence-electron chi connectivity index (χ4n) is 3.51. The molecule has 176 valence electrons. The molecule has 3 rings (SSSR count). The van der Waals surface area contributed by atoms with E-state index in [2.05, 4.69) is 0 Å². The van der Waals surface area contributed by atoms with Crippen molar-refractivity contribution in [3.63, 3.8) is 0 Å². The zero-order valence-electron chi connectivity index (χ0n) is 18.3. The summed E-state index contributed by atoms with van der Waals surface area (Å²) < 4.78 is 45.3. The van der Waals surface area contributed by atoms with E-state index in [9.17, 15) is 0 Å². The molecule has 0 spiro atoms. The zero-order valence-corrected chi connectivity index (χ0v) is 18.3. The van der Waals surface area contributed by atoms with Gasteiger partial charge in [-0.1, -0.05) is 0 Å². The van der Waals surface area contributed by atoms with Crippen molar-refractivity contribution < 1.29 is 37.9 Å². The van der Waals surface area contributed by atoms with E-state index in [1.807, 2.05) is 0 Å². The molecule has 3 fully saturated rings. The van der Waals surface area contributed by atoms with Crippen LogP contribution in [-0.2, 0) is 37.9 Å². The highest BCUT2D eigenvalue weighted by atomic mass is 16.7. The summed E-state index contributed by atoms with van der Waals surface area (Å²) in [6.45, 7) is 6.49. The first-order valence-electron chi connectivity index (χ1n) is 11.8. The third-order valence-corrected chi connectivity index (χ3v) is 5.42. The van der Waals surface area contributed by atoms with Crippen LogP contribution in [0.15, 0.2) is 0 Å². The largest absolute Gasteiger partial charge is 0.381 e. The van der Waals surface area contributed by atoms with Gasteiger partial charge in [-0.2, -0.15) is 0 Å². The Morgan fingerprint density at radius 2 is 1.40 bits per heavy atom. The highest BCUT2D eigenvalue weighted by molar-refractivity contribution is 4.68. The molecule has 0 aromatic rings. The summed E-state index contributed by atoms with van der Waals surface area (Å²) in [4.78, 5) is 0. The maximum atomic E-state index is 5.99. The minimum absolute atomic E-state index is 0.0241. The van der Waals surface area contributed by atoms with E-state index in [1.165, 1.54) is 12.8 Å². The maximum absolute atomic E-state index is 5.99. The van der Waals surface area contributed by atoms with Crippen LogP contribution in [0.25, 0.3) is 0 Å². The van der Waals surface area contributed by atoms with Crippen LogP contribution in [0.3, 0.4) is 0 Å². The predicted molar refractivity (Wildman–Crippen MR) is 109 cm³/mol. The van der Waals surface area contributed by atoms with Gasteiger partial charge in [0.25, 0.3) is 0 Å². The monoisotopic (exact) mass is 432 g/mol. The van der Waals surface area contributed by atoms with Gasteiger partial charge in [0.1, 0.15) is 0 Å². The summed E-state index contributed by atoms with van der Waals surface area (Å²) in [6.07, 6.45) is 8.52. The van der Waals surface area contributed by atoms with E-state index >= 15 is 0 Å². The van der Waals surface area contributed by atoms with Gasteiger partial charge < -0.3 is 37.9 Å². The second-order valence-corrected chi connectivity index (χ2v) is 8.05.